The van der Waals surface area contributed by atoms with E-state index in [1.807, 2.05) is 19.1 Å². The number of hydrogen-bond donors (Lipinski definition) is 1. The van der Waals surface area contributed by atoms with Crippen LogP contribution in [0.3, 0.4) is 0 Å². The summed E-state index contributed by atoms with van der Waals surface area (Å²) < 4.78 is 30.0. The van der Waals surface area contributed by atoms with Crippen LogP contribution in [0.1, 0.15) is 12.5 Å². The minimum atomic E-state index is -3.53. The molecule has 1 atom stereocenters. The van der Waals surface area contributed by atoms with E-state index in [0.717, 1.165) is 0 Å². The third-order valence-corrected chi connectivity index (χ3v) is 5.99. The molecule has 7 heteroatoms. The first-order valence-electron chi connectivity index (χ1n) is 6.92. The zero-order valence-electron chi connectivity index (χ0n) is 12.4. The maximum absolute atomic E-state index is 12.3. The van der Waals surface area contributed by atoms with E-state index in [1.54, 1.807) is 18.4 Å². The predicted molar refractivity (Wildman–Crippen MR) is 88.5 cm³/mol. The Kier molecular flexibility index (Phi) is 4.03. The molecule has 0 bridgehead atoms. The fraction of sp³-hybridized carbons (Fsp3) is 0.267. The van der Waals surface area contributed by atoms with E-state index in [-0.39, 0.29) is 10.9 Å². The number of rotatable bonds is 5. The lowest BCUT2D eigenvalue weighted by molar-refractivity contribution is 0.560. The van der Waals surface area contributed by atoms with Crippen molar-refractivity contribution in [3.8, 4) is 0 Å². The summed E-state index contributed by atoms with van der Waals surface area (Å²) in [6, 6.07) is 7.97. The molecule has 0 saturated heterocycles. The Morgan fingerprint density at radius 1 is 1.36 bits per heavy atom. The van der Waals surface area contributed by atoms with Gasteiger partial charge in [-0.15, -0.1) is 11.3 Å². The molecule has 0 aliphatic rings. The maximum atomic E-state index is 12.3. The summed E-state index contributed by atoms with van der Waals surface area (Å²) in [5.74, 6) is 0. The van der Waals surface area contributed by atoms with Gasteiger partial charge in [0.05, 0.1) is 6.20 Å². The van der Waals surface area contributed by atoms with Crippen molar-refractivity contribution in [3.63, 3.8) is 0 Å². The number of thiophene rings is 1. The van der Waals surface area contributed by atoms with E-state index in [0.29, 0.717) is 6.42 Å². The summed E-state index contributed by atoms with van der Waals surface area (Å²) in [4.78, 5) is 0.192. The molecule has 0 spiro atoms. The van der Waals surface area contributed by atoms with Gasteiger partial charge in [0.2, 0.25) is 10.0 Å². The second-order valence-electron chi connectivity index (χ2n) is 5.33. The Morgan fingerprint density at radius 2 is 2.14 bits per heavy atom. The first kappa shape index (κ1) is 15.2. The van der Waals surface area contributed by atoms with Crippen molar-refractivity contribution in [3.05, 3.63) is 47.6 Å². The van der Waals surface area contributed by atoms with Crippen LogP contribution in [0, 0.1) is 0 Å². The molecule has 3 aromatic rings. The average molecular weight is 335 g/mol. The van der Waals surface area contributed by atoms with Gasteiger partial charge in [0, 0.05) is 24.0 Å². The number of fused-ring (bicyclic) bond motifs is 1. The highest BCUT2D eigenvalue weighted by atomic mass is 32.2. The van der Waals surface area contributed by atoms with Crippen LogP contribution in [0.4, 0.5) is 0 Å². The molecule has 0 aliphatic heterocycles. The molecule has 0 saturated carbocycles. The summed E-state index contributed by atoms with van der Waals surface area (Å²) in [6.07, 6.45) is 3.51. The van der Waals surface area contributed by atoms with Gasteiger partial charge in [-0.25, -0.2) is 13.1 Å². The Balaban J connectivity index is 1.76. The zero-order chi connectivity index (χ0) is 15.7. The molecule has 0 amide bonds. The molecule has 0 aliphatic carbocycles. The minimum absolute atomic E-state index is 0.191. The molecule has 1 N–H and O–H groups in total. The van der Waals surface area contributed by atoms with Crippen molar-refractivity contribution in [2.75, 3.05) is 0 Å². The lowest BCUT2D eigenvalue weighted by Crippen LogP contribution is -2.33. The summed E-state index contributed by atoms with van der Waals surface area (Å²) in [5, 5.41) is 7.20. The summed E-state index contributed by atoms with van der Waals surface area (Å²) >= 11 is 1.68. The lowest BCUT2D eigenvalue weighted by atomic mass is 10.1. The van der Waals surface area contributed by atoms with Crippen LogP contribution >= 0.6 is 11.3 Å². The number of aryl methyl sites for hydroxylation is 1. The van der Waals surface area contributed by atoms with Gasteiger partial charge in [-0.05, 0) is 35.7 Å². The van der Waals surface area contributed by atoms with Crippen LogP contribution in [0.5, 0.6) is 0 Å². The molecule has 3 rings (SSSR count). The van der Waals surface area contributed by atoms with Crippen molar-refractivity contribution in [1.82, 2.24) is 14.5 Å². The molecule has 1 unspecified atom stereocenters. The summed E-state index contributed by atoms with van der Waals surface area (Å²) in [5.41, 5.74) is 1.17. The minimum Gasteiger partial charge on any atom is -0.274 e. The van der Waals surface area contributed by atoms with E-state index in [9.17, 15) is 8.42 Å². The predicted octanol–water partition coefficient (Wildman–Crippen LogP) is 2.54. The van der Waals surface area contributed by atoms with Crippen LogP contribution in [0.2, 0.25) is 0 Å². The molecular weight excluding hydrogens is 318 g/mol. The topological polar surface area (TPSA) is 64.0 Å². The smallest absolute Gasteiger partial charge is 0.243 e. The van der Waals surface area contributed by atoms with E-state index in [1.165, 1.54) is 32.7 Å². The van der Waals surface area contributed by atoms with E-state index in [4.69, 9.17) is 0 Å². The number of sulfonamides is 1. The van der Waals surface area contributed by atoms with Gasteiger partial charge in [0.1, 0.15) is 4.90 Å². The third-order valence-electron chi connectivity index (χ3n) is 3.44. The molecule has 2 heterocycles. The molecule has 1 aromatic carbocycles. The fourth-order valence-electron chi connectivity index (χ4n) is 2.43. The van der Waals surface area contributed by atoms with Crippen molar-refractivity contribution >= 4 is 31.4 Å². The average Bonchev–Trinajstić information content (AvgIpc) is 3.06. The van der Waals surface area contributed by atoms with Gasteiger partial charge in [-0.1, -0.05) is 18.2 Å². The van der Waals surface area contributed by atoms with Crippen molar-refractivity contribution in [2.24, 2.45) is 7.05 Å². The summed E-state index contributed by atoms with van der Waals surface area (Å²) in [7, 11) is -1.83. The second-order valence-corrected chi connectivity index (χ2v) is 7.96. The van der Waals surface area contributed by atoms with Crippen LogP contribution in [0.25, 0.3) is 10.1 Å². The third kappa shape index (κ3) is 3.06. The van der Waals surface area contributed by atoms with Crippen LogP contribution in [0.15, 0.2) is 46.9 Å². The first-order valence-corrected chi connectivity index (χ1v) is 9.28. The number of aromatic nitrogens is 2. The SMILES string of the molecule is CC(Cc1csc2ccccc12)NS(=O)(=O)c1cnn(C)c1. The van der Waals surface area contributed by atoms with Gasteiger partial charge in [0.15, 0.2) is 0 Å². The number of hydrogen-bond acceptors (Lipinski definition) is 4. The van der Waals surface area contributed by atoms with Gasteiger partial charge < -0.3 is 0 Å². The molecule has 22 heavy (non-hydrogen) atoms. The Labute approximate surface area is 133 Å². The maximum Gasteiger partial charge on any atom is 0.243 e. The number of nitrogens with one attached hydrogen (secondary N) is 1. The zero-order valence-corrected chi connectivity index (χ0v) is 14.0. The van der Waals surface area contributed by atoms with Crippen molar-refractivity contribution in [2.45, 2.75) is 24.3 Å². The van der Waals surface area contributed by atoms with Crippen LogP contribution in [-0.2, 0) is 23.5 Å². The van der Waals surface area contributed by atoms with Crippen LogP contribution < -0.4 is 4.72 Å². The van der Waals surface area contributed by atoms with Crippen molar-refractivity contribution in [1.29, 1.82) is 0 Å². The molecule has 0 fully saturated rings. The standard InChI is InChI=1S/C15H17N3O2S2/c1-11(17-22(19,20)13-8-16-18(2)9-13)7-12-10-21-15-6-4-3-5-14(12)15/h3-6,8-11,17H,7H2,1-2H3. The Morgan fingerprint density at radius 3 is 2.86 bits per heavy atom. The molecule has 2 aromatic heterocycles. The number of benzene rings is 1. The summed E-state index contributed by atoms with van der Waals surface area (Å²) in [6.45, 7) is 1.88. The molecular formula is C15H17N3O2S2. The van der Waals surface area contributed by atoms with Gasteiger partial charge >= 0.3 is 0 Å². The first-order chi connectivity index (χ1) is 10.5. The van der Waals surface area contributed by atoms with Crippen molar-refractivity contribution < 1.29 is 8.42 Å². The van der Waals surface area contributed by atoms with E-state index >= 15 is 0 Å². The van der Waals surface area contributed by atoms with Gasteiger partial charge in [-0.3, -0.25) is 4.68 Å². The monoisotopic (exact) mass is 335 g/mol. The van der Waals surface area contributed by atoms with Gasteiger partial charge in [0.25, 0.3) is 0 Å². The quantitative estimate of drug-likeness (QED) is 0.779. The van der Waals surface area contributed by atoms with Gasteiger partial charge in [-0.2, -0.15) is 5.10 Å². The van der Waals surface area contributed by atoms with E-state index in [2.05, 4.69) is 27.3 Å². The lowest BCUT2D eigenvalue weighted by Gasteiger charge is -2.13. The highest BCUT2D eigenvalue weighted by Gasteiger charge is 2.19. The normalized spacial score (nSPS) is 13.5. The Hall–Kier alpha value is -1.70. The fourth-order valence-corrected chi connectivity index (χ4v) is 4.63. The van der Waals surface area contributed by atoms with E-state index < -0.39 is 10.0 Å². The second kappa shape index (κ2) is 5.83. The highest BCUT2D eigenvalue weighted by molar-refractivity contribution is 7.89. The molecule has 0 radical (unpaired) electrons. The molecule has 116 valence electrons. The highest BCUT2D eigenvalue weighted by Crippen LogP contribution is 2.26. The largest absolute Gasteiger partial charge is 0.274 e. The Bertz CT molecular complexity index is 896. The van der Waals surface area contributed by atoms with Crippen LogP contribution in [-0.4, -0.2) is 24.2 Å². The number of nitrogens with zero attached hydrogens (tertiary/aromatic N) is 2. The molecule has 5 nitrogen and oxygen atoms in total.